The van der Waals surface area contributed by atoms with Crippen LogP contribution in [0.5, 0.6) is 5.75 Å². The van der Waals surface area contributed by atoms with Crippen molar-refractivity contribution < 1.29 is 14.5 Å². The molecule has 0 atom stereocenters. The van der Waals surface area contributed by atoms with Gasteiger partial charge in [0.1, 0.15) is 5.75 Å². The Morgan fingerprint density at radius 1 is 1.25 bits per heavy atom. The number of halogens is 2. The van der Waals surface area contributed by atoms with Gasteiger partial charge in [-0.25, -0.2) is 5.43 Å². The number of carbonyl (C=O) groups excluding carboxylic acids is 1. The van der Waals surface area contributed by atoms with E-state index in [9.17, 15) is 14.9 Å². The third-order valence-electron chi connectivity index (χ3n) is 2.76. The van der Waals surface area contributed by atoms with E-state index in [2.05, 4.69) is 10.5 Å². The number of amides is 1. The van der Waals surface area contributed by atoms with Gasteiger partial charge in [-0.05, 0) is 35.9 Å². The van der Waals surface area contributed by atoms with Crippen molar-refractivity contribution >= 4 is 41.0 Å². The quantitative estimate of drug-likeness (QED) is 0.480. The van der Waals surface area contributed by atoms with Gasteiger partial charge in [0.25, 0.3) is 11.6 Å². The molecule has 2 rings (SSSR count). The molecule has 7 nitrogen and oxygen atoms in total. The van der Waals surface area contributed by atoms with E-state index in [1.54, 1.807) is 12.1 Å². The van der Waals surface area contributed by atoms with Gasteiger partial charge in [-0.3, -0.25) is 14.9 Å². The fraction of sp³-hybridized carbons (Fsp3) is 0.0667. The molecule has 0 bridgehead atoms. The first-order valence-corrected chi connectivity index (χ1v) is 7.35. The van der Waals surface area contributed by atoms with Crippen LogP contribution in [0.1, 0.15) is 5.56 Å². The number of nitro groups is 1. The van der Waals surface area contributed by atoms with Gasteiger partial charge in [-0.2, -0.15) is 5.10 Å². The summed E-state index contributed by atoms with van der Waals surface area (Å²) in [6.07, 6.45) is 1.36. The summed E-state index contributed by atoms with van der Waals surface area (Å²) in [6, 6.07) is 10.4. The zero-order chi connectivity index (χ0) is 17.5. The van der Waals surface area contributed by atoms with Crippen molar-refractivity contribution in [2.45, 2.75) is 0 Å². The van der Waals surface area contributed by atoms with Crippen LogP contribution in [0.15, 0.2) is 47.6 Å². The number of carbonyl (C=O) groups is 1. The normalized spacial score (nSPS) is 10.6. The molecule has 0 spiro atoms. The van der Waals surface area contributed by atoms with E-state index < -0.39 is 10.8 Å². The van der Waals surface area contributed by atoms with Gasteiger partial charge in [0.05, 0.1) is 16.2 Å². The molecule has 0 heterocycles. The monoisotopic (exact) mass is 367 g/mol. The van der Waals surface area contributed by atoms with Crippen LogP contribution in [0.2, 0.25) is 10.0 Å². The molecule has 0 saturated carbocycles. The molecule has 0 aliphatic carbocycles. The lowest BCUT2D eigenvalue weighted by Gasteiger charge is -2.06. The van der Waals surface area contributed by atoms with E-state index in [1.165, 1.54) is 36.5 Å². The van der Waals surface area contributed by atoms with E-state index in [0.717, 1.165) is 0 Å². The summed E-state index contributed by atoms with van der Waals surface area (Å²) in [6.45, 7) is -0.279. The predicted octanol–water partition coefficient (Wildman–Crippen LogP) is 3.43. The van der Waals surface area contributed by atoms with Gasteiger partial charge in [-0.15, -0.1) is 0 Å². The van der Waals surface area contributed by atoms with E-state index >= 15 is 0 Å². The zero-order valence-corrected chi connectivity index (χ0v) is 13.6. The highest BCUT2D eigenvalue weighted by Crippen LogP contribution is 2.27. The van der Waals surface area contributed by atoms with E-state index in [1.807, 2.05) is 0 Å². The van der Waals surface area contributed by atoms with Gasteiger partial charge < -0.3 is 4.74 Å². The number of benzene rings is 2. The van der Waals surface area contributed by atoms with Gasteiger partial charge >= 0.3 is 0 Å². The summed E-state index contributed by atoms with van der Waals surface area (Å²) >= 11 is 11.7. The molecule has 1 N–H and O–H groups in total. The SMILES string of the molecule is O=C(COc1ccc(Cl)cc1Cl)N/N=C\c1ccc([N+](=O)[O-])cc1. The first kappa shape index (κ1) is 17.7. The molecule has 0 saturated heterocycles. The highest BCUT2D eigenvalue weighted by atomic mass is 35.5. The molecule has 0 aliphatic rings. The van der Waals surface area contributed by atoms with Crippen molar-refractivity contribution in [3.05, 3.63) is 68.2 Å². The molecule has 0 radical (unpaired) electrons. The van der Waals surface area contributed by atoms with Gasteiger partial charge in [0.2, 0.25) is 0 Å². The minimum absolute atomic E-state index is 0.0237. The van der Waals surface area contributed by atoms with Crippen LogP contribution in [0, 0.1) is 10.1 Å². The molecule has 9 heteroatoms. The lowest BCUT2D eigenvalue weighted by atomic mass is 10.2. The number of nitrogens with one attached hydrogen (secondary N) is 1. The number of rotatable bonds is 6. The first-order valence-electron chi connectivity index (χ1n) is 6.60. The maximum Gasteiger partial charge on any atom is 0.277 e. The molecule has 124 valence electrons. The fourth-order valence-corrected chi connectivity index (χ4v) is 2.09. The Morgan fingerprint density at radius 3 is 2.58 bits per heavy atom. The van der Waals surface area contributed by atoms with Crippen molar-refractivity contribution in [1.82, 2.24) is 5.43 Å². The number of hydrogen-bond donors (Lipinski definition) is 1. The van der Waals surface area contributed by atoms with Crippen LogP contribution in [0.25, 0.3) is 0 Å². The fourth-order valence-electron chi connectivity index (χ4n) is 1.63. The summed E-state index contributed by atoms with van der Waals surface area (Å²) < 4.78 is 5.25. The Balaban J connectivity index is 1.83. The second kappa shape index (κ2) is 8.28. The molecular formula is C15H11Cl2N3O4. The Labute approximate surface area is 147 Å². The zero-order valence-electron chi connectivity index (χ0n) is 12.1. The lowest BCUT2D eigenvalue weighted by Crippen LogP contribution is -2.24. The summed E-state index contributed by atoms with van der Waals surface area (Å²) in [5.74, 6) is -0.158. The smallest absolute Gasteiger partial charge is 0.277 e. The minimum atomic E-state index is -0.498. The molecular weight excluding hydrogens is 357 g/mol. The minimum Gasteiger partial charge on any atom is -0.482 e. The van der Waals surface area contributed by atoms with Gasteiger partial charge in [0.15, 0.2) is 6.61 Å². The van der Waals surface area contributed by atoms with Crippen molar-refractivity contribution in [3.8, 4) is 5.75 Å². The van der Waals surface area contributed by atoms with Crippen molar-refractivity contribution in [1.29, 1.82) is 0 Å². The topological polar surface area (TPSA) is 93.8 Å². The van der Waals surface area contributed by atoms with Crippen LogP contribution in [-0.4, -0.2) is 23.7 Å². The number of hydrogen-bond acceptors (Lipinski definition) is 5. The molecule has 0 aliphatic heterocycles. The third-order valence-corrected chi connectivity index (χ3v) is 3.29. The number of nitrogens with zero attached hydrogens (tertiary/aromatic N) is 2. The van der Waals surface area contributed by atoms with Crippen molar-refractivity contribution in [3.63, 3.8) is 0 Å². The van der Waals surface area contributed by atoms with E-state index in [-0.39, 0.29) is 12.3 Å². The standard InChI is InChI=1S/C15H11Cl2N3O4/c16-11-3-6-14(13(17)7-11)24-9-15(21)19-18-8-10-1-4-12(5-2-10)20(22)23/h1-8H,9H2,(H,19,21)/b18-8-. The molecule has 0 unspecified atom stereocenters. The number of non-ortho nitro benzene ring substituents is 1. The molecule has 0 fully saturated rings. The Morgan fingerprint density at radius 2 is 1.96 bits per heavy atom. The maximum absolute atomic E-state index is 11.6. The van der Waals surface area contributed by atoms with Crippen LogP contribution < -0.4 is 10.2 Å². The maximum atomic E-state index is 11.6. The van der Waals surface area contributed by atoms with Crippen LogP contribution in [0.4, 0.5) is 5.69 Å². The summed E-state index contributed by atoms with van der Waals surface area (Å²) in [5.41, 5.74) is 2.85. The summed E-state index contributed by atoms with van der Waals surface area (Å²) in [4.78, 5) is 21.7. The number of ether oxygens (including phenoxy) is 1. The number of nitro benzene ring substituents is 1. The molecule has 1 amide bonds. The number of hydrazone groups is 1. The van der Waals surface area contributed by atoms with E-state index in [0.29, 0.717) is 21.4 Å². The largest absolute Gasteiger partial charge is 0.482 e. The summed E-state index contributed by atoms with van der Waals surface area (Å²) in [5, 5.41) is 15.0. The molecule has 0 aromatic heterocycles. The van der Waals surface area contributed by atoms with Gasteiger partial charge in [-0.1, -0.05) is 23.2 Å². The van der Waals surface area contributed by atoms with Gasteiger partial charge in [0, 0.05) is 17.2 Å². The van der Waals surface area contributed by atoms with Crippen molar-refractivity contribution in [2.24, 2.45) is 5.10 Å². The van der Waals surface area contributed by atoms with Crippen LogP contribution in [0.3, 0.4) is 0 Å². The second-order valence-electron chi connectivity index (χ2n) is 4.51. The Bertz CT molecular complexity index is 779. The second-order valence-corrected chi connectivity index (χ2v) is 5.35. The predicted molar refractivity (Wildman–Crippen MR) is 90.8 cm³/mol. The van der Waals surface area contributed by atoms with E-state index in [4.69, 9.17) is 27.9 Å². The van der Waals surface area contributed by atoms with Crippen LogP contribution >= 0.6 is 23.2 Å². The van der Waals surface area contributed by atoms with Crippen LogP contribution in [-0.2, 0) is 4.79 Å². The first-order chi connectivity index (χ1) is 11.5. The lowest BCUT2D eigenvalue weighted by molar-refractivity contribution is -0.384. The molecule has 2 aromatic rings. The third kappa shape index (κ3) is 5.22. The van der Waals surface area contributed by atoms with Crippen molar-refractivity contribution in [2.75, 3.05) is 6.61 Å². The Kier molecular flexibility index (Phi) is 6.11. The summed E-state index contributed by atoms with van der Waals surface area (Å²) in [7, 11) is 0. The molecule has 2 aromatic carbocycles. The average molecular weight is 368 g/mol. The Hall–Kier alpha value is -2.64. The highest BCUT2D eigenvalue weighted by Gasteiger charge is 2.06. The highest BCUT2D eigenvalue weighted by molar-refractivity contribution is 6.35. The molecule has 24 heavy (non-hydrogen) atoms. The average Bonchev–Trinajstić information content (AvgIpc) is 2.54.